The van der Waals surface area contributed by atoms with Gasteiger partial charge in [0.25, 0.3) is 5.78 Å². The van der Waals surface area contributed by atoms with Gasteiger partial charge in [0, 0.05) is 6.42 Å². The smallest absolute Gasteiger partial charge is 0.306 e. The van der Waals surface area contributed by atoms with Crippen molar-refractivity contribution >= 4 is 23.3 Å². The Morgan fingerprint density at radius 3 is 3.12 bits per heavy atom. The van der Waals surface area contributed by atoms with E-state index in [4.69, 9.17) is 16.7 Å². The van der Waals surface area contributed by atoms with Crippen LogP contribution in [-0.4, -0.2) is 30.7 Å². The number of carbonyl (C=O) groups is 1. The SMILES string of the molecule is CC(Cc1nc2ncc(Cl)cn2n1)C(=O)O. The molecule has 0 bridgehead atoms. The maximum atomic E-state index is 10.7. The molecule has 1 unspecified atom stereocenters. The average molecular weight is 241 g/mol. The molecule has 0 radical (unpaired) electrons. The van der Waals surface area contributed by atoms with E-state index in [9.17, 15) is 4.79 Å². The second-order valence-corrected chi connectivity index (χ2v) is 3.92. The zero-order valence-electron chi connectivity index (χ0n) is 8.46. The molecule has 0 aliphatic rings. The summed E-state index contributed by atoms with van der Waals surface area (Å²) >= 11 is 5.74. The molecule has 0 saturated carbocycles. The van der Waals surface area contributed by atoms with Crippen LogP contribution in [0.25, 0.3) is 5.78 Å². The molecule has 1 N–H and O–H groups in total. The van der Waals surface area contributed by atoms with Crippen LogP contribution in [0.2, 0.25) is 5.02 Å². The topological polar surface area (TPSA) is 80.4 Å². The van der Waals surface area contributed by atoms with Gasteiger partial charge in [-0.3, -0.25) is 4.79 Å². The zero-order chi connectivity index (χ0) is 11.7. The van der Waals surface area contributed by atoms with Gasteiger partial charge < -0.3 is 5.11 Å². The molecule has 1 atom stereocenters. The third-order valence-corrected chi connectivity index (χ3v) is 2.31. The average Bonchev–Trinajstić information content (AvgIpc) is 2.58. The number of nitrogens with zero attached hydrogens (tertiary/aromatic N) is 4. The Balaban J connectivity index is 2.29. The summed E-state index contributed by atoms with van der Waals surface area (Å²) in [6.45, 7) is 1.61. The number of aliphatic carboxylic acids is 1. The zero-order valence-corrected chi connectivity index (χ0v) is 9.22. The Morgan fingerprint density at radius 2 is 2.44 bits per heavy atom. The number of rotatable bonds is 3. The van der Waals surface area contributed by atoms with Crippen molar-refractivity contribution in [2.75, 3.05) is 0 Å². The summed E-state index contributed by atoms with van der Waals surface area (Å²) in [5.41, 5.74) is 0. The minimum Gasteiger partial charge on any atom is -0.481 e. The maximum Gasteiger partial charge on any atom is 0.306 e. The van der Waals surface area contributed by atoms with Crippen LogP contribution in [0.1, 0.15) is 12.7 Å². The predicted octanol–water partition coefficient (Wildman–Crippen LogP) is 1.04. The minimum atomic E-state index is -0.871. The van der Waals surface area contributed by atoms with E-state index < -0.39 is 11.9 Å². The van der Waals surface area contributed by atoms with Crippen LogP contribution in [-0.2, 0) is 11.2 Å². The Bertz CT molecular complexity index is 539. The minimum absolute atomic E-state index is 0.274. The Kier molecular flexibility index (Phi) is 2.74. The lowest BCUT2D eigenvalue weighted by atomic mass is 10.1. The molecule has 84 valence electrons. The highest BCUT2D eigenvalue weighted by molar-refractivity contribution is 6.30. The molecule has 7 heteroatoms. The molecule has 6 nitrogen and oxygen atoms in total. The van der Waals surface area contributed by atoms with Crippen molar-refractivity contribution in [2.24, 2.45) is 5.92 Å². The van der Waals surface area contributed by atoms with Crippen molar-refractivity contribution in [3.63, 3.8) is 0 Å². The standard InChI is InChI=1S/C9H9ClN4O2/c1-5(8(15)16)2-7-12-9-11-3-6(10)4-14(9)13-7/h3-5H,2H2,1H3,(H,15,16). The molecule has 2 aromatic heterocycles. The van der Waals surface area contributed by atoms with Crippen LogP contribution >= 0.6 is 11.6 Å². The number of hydrogen-bond donors (Lipinski definition) is 1. The molecule has 2 heterocycles. The number of hydrogen-bond acceptors (Lipinski definition) is 4. The first kappa shape index (κ1) is 10.8. The van der Waals surface area contributed by atoms with Crippen molar-refractivity contribution in [3.8, 4) is 0 Å². The number of carboxylic acid groups (broad SMARTS) is 1. The lowest BCUT2D eigenvalue weighted by Crippen LogP contribution is -2.13. The van der Waals surface area contributed by atoms with E-state index in [1.807, 2.05) is 0 Å². The Hall–Kier alpha value is -1.69. The molecule has 0 fully saturated rings. The van der Waals surface area contributed by atoms with Crippen LogP contribution in [0, 0.1) is 5.92 Å². The van der Waals surface area contributed by atoms with E-state index in [2.05, 4.69) is 15.1 Å². The maximum absolute atomic E-state index is 10.7. The number of fused-ring (bicyclic) bond motifs is 1. The van der Waals surface area contributed by atoms with Crippen molar-refractivity contribution in [1.82, 2.24) is 19.6 Å². The fourth-order valence-electron chi connectivity index (χ4n) is 1.25. The summed E-state index contributed by atoms with van der Waals surface area (Å²) < 4.78 is 1.44. The third-order valence-electron chi connectivity index (χ3n) is 2.12. The van der Waals surface area contributed by atoms with E-state index >= 15 is 0 Å². The highest BCUT2D eigenvalue weighted by Gasteiger charge is 2.15. The van der Waals surface area contributed by atoms with Gasteiger partial charge in [0.05, 0.1) is 23.3 Å². The molecule has 0 saturated heterocycles. The quantitative estimate of drug-likeness (QED) is 0.867. The predicted molar refractivity (Wildman–Crippen MR) is 56.3 cm³/mol. The summed E-state index contributed by atoms with van der Waals surface area (Å²) in [4.78, 5) is 18.7. The summed E-state index contributed by atoms with van der Waals surface area (Å²) in [5, 5.41) is 13.3. The molecule has 2 rings (SSSR count). The van der Waals surface area contributed by atoms with Gasteiger partial charge in [-0.15, -0.1) is 5.10 Å². The van der Waals surface area contributed by atoms with Gasteiger partial charge >= 0.3 is 5.97 Å². The highest BCUT2D eigenvalue weighted by atomic mass is 35.5. The van der Waals surface area contributed by atoms with E-state index in [-0.39, 0.29) is 6.42 Å². The van der Waals surface area contributed by atoms with Crippen molar-refractivity contribution < 1.29 is 9.90 Å². The molecule has 0 aliphatic heterocycles. The molecule has 16 heavy (non-hydrogen) atoms. The second kappa shape index (κ2) is 4.05. The van der Waals surface area contributed by atoms with Crippen LogP contribution in [0.3, 0.4) is 0 Å². The molecule has 0 amide bonds. The molecule has 0 spiro atoms. The van der Waals surface area contributed by atoms with Crippen LogP contribution < -0.4 is 0 Å². The van der Waals surface area contributed by atoms with Gasteiger partial charge in [0.15, 0.2) is 5.82 Å². The lowest BCUT2D eigenvalue weighted by molar-refractivity contribution is -0.141. The summed E-state index contributed by atoms with van der Waals surface area (Å²) in [5.74, 6) is -0.528. The fraction of sp³-hybridized carbons (Fsp3) is 0.333. The van der Waals surface area contributed by atoms with Gasteiger partial charge in [-0.1, -0.05) is 18.5 Å². The molecule has 2 aromatic rings. The monoisotopic (exact) mass is 240 g/mol. The van der Waals surface area contributed by atoms with Crippen LogP contribution in [0.5, 0.6) is 0 Å². The molecular formula is C9H9ClN4O2. The second-order valence-electron chi connectivity index (χ2n) is 3.49. The van der Waals surface area contributed by atoms with E-state index in [1.165, 1.54) is 10.7 Å². The van der Waals surface area contributed by atoms with Gasteiger partial charge in [-0.2, -0.15) is 4.98 Å². The largest absolute Gasteiger partial charge is 0.481 e. The number of aromatic nitrogens is 4. The molecule has 0 aliphatic carbocycles. The van der Waals surface area contributed by atoms with Gasteiger partial charge in [-0.05, 0) is 0 Å². The number of halogens is 1. The molecule has 0 aromatic carbocycles. The van der Waals surface area contributed by atoms with Crippen LogP contribution in [0.15, 0.2) is 12.4 Å². The van der Waals surface area contributed by atoms with E-state index in [0.717, 1.165) is 0 Å². The summed E-state index contributed by atoms with van der Waals surface area (Å²) in [6.07, 6.45) is 3.32. The van der Waals surface area contributed by atoms with Crippen molar-refractivity contribution in [1.29, 1.82) is 0 Å². The van der Waals surface area contributed by atoms with E-state index in [0.29, 0.717) is 16.6 Å². The fourth-order valence-corrected chi connectivity index (χ4v) is 1.39. The summed E-state index contributed by atoms with van der Waals surface area (Å²) in [7, 11) is 0. The Labute approximate surface area is 95.9 Å². The Morgan fingerprint density at radius 1 is 1.69 bits per heavy atom. The third kappa shape index (κ3) is 2.11. The van der Waals surface area contributed by atoms with Gasteiger partial charge in [0.2, 0.25) is 0 Å². The first-order valence-corrected chi connectivity index (χ1v) is 5.03. The normalized spacial score (nSPS) is 12.9. The first-order valence-electron chi connectivity index (χ1n) is 4.66. The van der Waals surface area contributed by atoms with E-state index in [1.54, 1.807) is 13.1 Å². The van der Waals surface area contributed by atoms with Crippen molar-refractivity contribution in [3.05, 3.63) is 23.2 Å². The first-order chi connectivity index (χ1) is 7.56. The van der Waals surface area contributed by atoms with Gasteiger partial charge in [-0.25, -0.2) is 9.50 Å². The van der Waals surface area contributed by atoms with Gasteiger partial charge in [0.1, 0.15) is 0 Å². The molecular weight excluding hydrogens is 232 g/mol. The van der Waals surface area contributed by atoms with Crippen molar-refractivity contribution in [2.45, 2.75) is 13.3 Å². The lowest BCUT2D eigenvalue weighted by Gasteiger charge is -2.00. The highest BCUT2D eigenvalue weighted by Crippen LogP contribution is 2.09. The van der Waals surface area contributed by atoms with Crippen LogP contribution in [0.4, 0.5) is 0 Å². The number of carboxylic acids is 1. The summed E-state index contributed by atoms with van der Waals surface area (Å²) in [6, 6.07) is 0.